The fourth-order valence-electron chi connectivity index (χ4n) is 0.926. The molecule has 0 aromatic heterocycles. The molecule has 1 unspecified atom stereocenters. The molecule has 0 radical (unpaired) electrons. The lowest BCUT2D eigenvalue weighted by atomic mass is 10.3. The molecule has 0 spiro atoms. The molecule has 0 saturated carbocycles. The highest BCUT2D eigenvalue weighted by Crippen LogP contribution is 2.20. The number of methoxy groups -OCH3 is 1. The number of nitrogens with one attached hydrogen (secondary N) is 2. The van der Waals surface area contributed by atoms with Crippen LogP contribution in [0.1, 0.15) is 6.92 Å². The minimum atomic E-state index is -0.795. The van der Waals surface area contributed by atoms with Crippen LogP contribution in [0.4, 0.5) is 0 Å². The first-order valence-electron chi connectivity index (χ1n) is 5.12. The van der Waals surface area contributed by atoms with Gasteiger partial charge in [0.1, 0.15) is 6.04 Å². The largest absolute Gasteiger partial charge is 0.480 e. The van der Waals surface area contributed by atoms with E-state index < -0.39 is 12.0 Å². The van der Waals surface area contributed by atoms with Gasteiger partial charge < -0.3 is 15.2 Å². The molecule has 0 aliphatic rings. The van der Waals surface area contributed by atoms with Crippen LogP contribution in [0.3, 0.4) is 0 Å². The predicted octanol–water partition coefficient (Wildman–Crippen LogP) is 0.624. The quantitative estimate of drug-likeness (QED) is 0.288. The number of hydrogen-bond acceptors (Lipinski definition) is 6. The average Bonchev–Trinajstić information content (AvgIpc) is 2.26. The van der Waals surface area contributed by atoms with Gasteiger partial charge in [-0.3, -0.25) is 10.1 Å². The molecule has 96 valence electrons. The van der Waals surface area contributed by atoms with Crippen molar-refractivity contribution in [1.29, 1.82) is 0 Å². The van der Waals surface area contributed by atoms with Gasteiger partial charge in [-0.25, -0.2) is 0 Å². The molecule has 0 aliphatic heterocycles. The molecule has 16 heavy (non-hydrogen) atoms. The van der Waals surface area contributed by atoms with E-state index in [1.54, 1.807) is 28.7 Å². The van der Waals surface area contributed by atoms with E-state index in [1.165, 1.54) is 0 Å². The molecule has 7 heteroatoms. The lowest BCUT2D eigenvalue weighted by Gasteiger charge is -2.13. The summed E-state index contributed by atoms with van der Waals surface area (Å²) in [5, 5.41) is 14.9. The van der Waals surface area contributed by atoms with Crippen LogP contribution in [0.2, 0.25) is 0 Å². The second-order valence-electron chi connectivity index (χ2n) is 2.97. The van der Waals surface area contributed by atoms with Crippen molar-refractivity contribution >= 4 is 27.6 Å². The van der Waals surface area contributed by atoms with E-state index in [9.17, 15) is 4.79 Å². The Hall–Kier alpha value is 0.0500. The minimum absolute atomic E-state index is 0.478. The standard InChI is InChI=1S/C9H20N2O3S2/c1-3-15-16-6-8(9(12)13)11-5-4-10-7-14-2/h8,10-11H,3-7H2,1-2H3,(H,12,13). The van der Waals surface area contributed by atoms with Crippen LogP contribution in [0, 0.1) is 0 Å². The molecule has 0 aromatic carbocycles. The topological polar surface area (TPSA) is 70.6 Å². The van der Waals surface area contributed by atoms with E-state index in [2.05, 4.69) is 17.6 Å². The first kappa shape index (κ1) is 16.1. The van der Waals surface area contributed by atoms with Gasteiger partial charge >= 0.3 is 5.97 Å². The van der Waals surface area contributed by atoms with E-state index in [-0.39, 0.29) is 0 Å². The summed E-state index contributed by atoms with van der Waals surface area (Å²) >= 11 is 0. The van der Waals surface area contributed by atoms with E-state index in [1.807, 2.05) is 0 Å². The lowest BCUT2D eigenvalue weighted by Crippen LogP contribution is -2.42. The molecule has 0 heterocycles. The summed E-state index contributed by atoms with van der Waals surface area (Å²) in [5.74, 6) is 0.779. The molecule has 0 aromatic rings. The summed E-state index contributed by atoms with van der Waals surface area (Å²) in [6, 6.07) is -0.478. The lowest BCUT2D eigenvalue weighted by molar-refractivity contribution is -0.138. The van der Waals surface area contributed by atoms with Crippen LogP contribution >= 0.6 is 21.6 Å². The fourth-order valence-corrected chi connectivity index (χ4v) is 2.78. The van der Waals surface area contributed by atoms with Crippen LogP contribution in [-0.4, -0.2) is 55.6 Å². The SMILES string of the molecule is CCSSCC(NCCNCOC)C(=O)O. The zero-order valence-corrected chi connectivity index (χ0v) is 11.3. The van der Waals surface area contributed by atoms with Crippen LogP contribution in [0.25, 0.3) is 0 Å². The molecular formula is C9H20N2O3S2. The monoisotopic (exact) mass is 268 g/mol. The van der Waals surface area contributed by atoms with E-state index >= 15 is 0 Å². The molecule has 0 fully saturated rings. The van der Waals surface area contributed by atoms with Gasteiger partial charge in [0.25, 0.3) is 0 Å². The number of aliphatic carboxylic acids is 1. The molecule has 0 rings (SSSR count). The summed E-state index contributed by atoms with van der Waals surface area (Å²) < 4.78 is 4.81. The van der Waals surface area contributed by atoms with Crippen LogP contribution in [-0.2, 0) is 9.53 Å². The summed E-state index contributed by atoms with van der Waals surface area (Å²) in [7, 11) is 4.88. The summed E-state index contributed by atoms with van der Waals surface area (Å²) in [6.45, 7) is 3.86. The molecule has 0 aliphatic carbocycles. The molecular weight excluding hydrogens is 248 g/mol. The van der Waals surface area contributed by atoms with Crippen molar-refractivity contribution in [2.45, 2.75) is 13.0 Å². The maximum Gasteiger partial charge on any atom is 0.321 e. The molecule has 1 atom stereocenters. The normalized spacial score (nSPS) is 12.6. The van der Waals surface area contributed by atoms with Crippen molar-refractivity contribution in [1.82, 2.24) is 10.6 Å². The van der Waals surface area contributed by atoms with Gasteiger partial charge in [0.15, 0.2) is 0 Å². The van der Waals surface area contributed by atoms with Crippen molar-refractivity contribution in [2.24, 2.45) is 0 Å². The number of ether oxygens (including phenoxy) is 1. The number of carboxylic acids is 1. The van der Waals surface area contributed by atoms with Gasteiger partial charge in [0, 0.05) is 31.7 Å². The minimum Gasteiger partial charge on any atom is -0.480 e. The summed E-state index contributed by atoms with van der Waals surface area (Å²) in [6.07, 6.45) is 0. The summed E-state index contributed by atoms with van der Waals surface area (Å²) in [4.78, 5) is 10.9. The van der Waals surface area contributed by atoms with Gasteiger partial charge in [-0.1, -0.05) is 28.5 Å². The number of carboxylic acid groups (broad SMARTS) is 1. The van der Waals surface area contributed by atoms with Crippen LogP contribution in [0.15, 0.2) is 0 Å². The number of hydrogen-bond donors (Lipinski definition) is 3. The van der Waals surface area contributed by atoms with Gasteiger partial charge in [0.2, 0.25) is 0 Å². The summed E-state index contributed by atoms with van der Waals surface area (Å²) in [5.41, 5.74) is 0. The maximum atomic E-state index is 10.9. The molecule has 5 nitrogen and oxygen atoms in total. The predicted molar refractivity (Wildman–Crippen MR) is 69.9 cm³/mol. The Morgan fingerprint density at radius 3 is 2.75 bits per heavy atom. The van der Waals surface area contributed by atoms with E-state index in [0.29, 0.717) is 25.6 Å². The Kier molecular flexibility index (Phi) is 11.6. The molecule has 3 N–H and O–H groups in total. The van der Waals surface area contributed by atoms with Crippen molar-refractivity contribution < 1.29 is 14.6 Å². The highest BCUT2D eigenvalue weighted by atomic mass is 33.1. The van der Waals surface area contributed by atoms with Gasteiger partial charge in [-0.2, -0.15) is 0 Å². The van der Waals surface area contributed by atoms with Crippen molar-refractivity contribution in [3.05, 3.63) is 0 Å². The zero-order chi connectivity index (χ0) is 12.2. The first-order valence-corrected chi connectivity index (χ1v) is 7.61. The first-order chi connectivity index (χ1) is 7.72. The third-order valence-electron chi connectivity index (χ3n) is 1.67. The van der Waals surface area contributed by atoms with E-state index in [4.69, 9.17) is 9.84 Å². The van der Waals surface area contributed by atoms with Crippen molar-refractivity contribution in [3.8, 4) is 0 Å². The third-order valence-corrected chi connectivity index (χ3v) is 4.16. The highest BCUT2D eigenvalue weighted by Gasteiger charge is 2.15. The number of rotatable bonds is 11. The Balaban J connectivity index is 3.56. The zero-order valence-electron chi connectivity index (χ0n) is 9.69. The third kappa shape index (κ3) is 9.29. The second kappa shape index (κ2) is 11.5. The Bertz CT molecular complexity index is 184. The molecule has 0 amide bonds. The Labute approximate surface area is 104 Å². The average molecular weight is 268 g/mol. The highest BCUT2D eigenvalue weighted by molar-refractivity contribution is 8.76. The van der Waals surface area contributed by atoms with Crippen LogP contribution in [0.5, 0.6) is 0 Å². The maximum absolute atomic E-state index is 10.9. The van der Waals surface area contributed by atoms with Crippen molar-refractivity contribution in [2.75, 3.05) is 38.4 Å². The van der Waals surface area contributed by atoms with Gasteiger partial charge in [-0.05, 0) is 0 Å². The van der Waals surface area contributed by atoms with Gasteiger partial charge in [-0.15, -0.1) is 0 Å². The van der Waals surface area contributed by atoms with E-state index in [0.717, 1.165) is 5.75 Å². The Morgan fingerprint density at radius 1 is 1.44 bits per heavy atom. The number of carbonyl (C=O) groups is 1. The molecule has 0 bridgehead atoms. The smallest absolute Gasteiger partial charge is 0.321 e. The van der Waals surface area contributed by atoms with Gasteiger partial charge in [0.05, 0.1) is 6.73 Å². The molecule has 0 saturated heterocycles. The second-order valence-corrected chi connectivity index (χ2v) is 5.77. The fraction of sp³-hybridized carbons (Fsp3) is 0.889. The van der Waals surface area contributed by atoms with Crippen LogP contribution < -0.4 is 10.6 Å². The van der Waals surface area contributed by atoms with Crippen molar-refractivity contribution in [3.63, 3.8) is 0 Å². The Morgan fingerprint density at radius 2 is 2.19 bits per heavy atom.